The Morgan fingerprint density at radius 1 is 1.64 bits per heavy atom. The Kier molecular flexibility index (Phi) is 7.72. The van der Waals surface area contributed by atoms with Gasteiger partial charge in [-0.05, 0) is 6.42 Å². The fraction of sp³-hybridized carbons (Fsp3) is 0.833. The third-order valence-electron chi connectivity index (χ3n) is 1.28. The normalized spacial score (nSPS) is 14.8. The number of rotatable bonds is 4. The maximum atomic E-state index is 10.1. The van der Waals surface area contributed by atoms with Crippen LogP contribution in [0.4, 0.5) is 0 Å². The van der Waals surface area contributed by atoms with Crippen molar-refractivity contribution in [1.82, 2.24) is 0 Å². The molecule has 11 heavy (non-hydrogen) atoms. The number of hydrogen-bond donors (Lipinski definition) is 3. The monoisotopic (exact) mass is 183 g/mol. The van der Waals surface area contributed by atoms with Gasteiger partial charge in [0.2, 0.25) is 0 Å². The topological polar surface area (TPSA) is 83.5 Å². The largest absolute Gasteiger partial charge is 0.479 e. The number of carbonyl (C=O) groups is 1. The SMILES string of the molecule is CCC[C@H](N)C(O)C(=O)O.Cl. The lowest BCUT2D eigenvalue weighted by atomic mass is 10.1. The molecule has 0 heterocycles. The summed E-state index contributed by atoms with van der Waals surface area (Å²) in [5.74, 6) is -1.25. The van der Waals surface area contributed by atoms with Crippen molar-refractivity contribution in [3.8, 4) is 0 Å². The van der Waals surface area contributed by atoms with Crippen LogP contribution < -0.4 is 5.73 Å². The van der Waals surface area contributed by atoms with Gasteiger partial charge in [-0.25, -0.2) is 4.79 Å². The van der Waals surface area contributed by atoms with E-state index in [9.17, 15) is 4.79 Å². The van der Waals surface area contributed by atoms with E-state index in [0.717, 1.165) is 6.42 Å². The fourth-order valence-corrected chi connectivity index (χ4v) is 0.674. The average Bonchev–Trinajstić information content (AvgIpc) is 1.87. The van der Waals surface area contributed by atoms with Crippen LogP contribution in [-0.4, -0.2) is 28.3 Å². The summed E-state index contributed by atoms with van der Waals surface area (Å²) in [5.41, 5.74) is 5.30. The zero-order chi connectivity index (χ0) is 8.15. The van der Waals surface area contributed by atoms with E-state index in [1.807, 2.05) is 6.92 Å². The minimum absolute atomic E-state index is 0. The Morgan fingerprint density at radius 2 is 2.09 bits per heavy atom. The van der Waals surface area contributed by atoms with Gasteiger partial charge in [-0.15, -0.1) is 12.4 Å². The highest BCUT2D eigenvalue weighted by molar-refractivity contribution is 5.85. The third kappa shape index (κ3) is 5.01. The number of aliphatic hydroxyl groups is 1. The highest BCUT2D eigenvalue weighted by Gasteiger charge is 2.20. The first-order valence-corrected chi connectivity index (χ1v) is 3.26. The van der Waals surface area contributed by atoms with Crippen molar-refractivity contribution in [3.05, 3.63) is 0 Å². The molecule has 0 bridgehead atoms. The lowest BCUT2D eigenvalue weighted by molar-refractivity contribution is -0.147. The lowest BCUT2D eigenvalue weighted by Gasteiger charge is -2.12. The van der Waals surface area contributed by atoms with Gasteiger partial charge < -0.3 is 15.9 Å². The fourth-order valence-electron chi connectivity index (χ4n) is 0.674. The van der Waals surface area contributed by atoms with E-state index in [1.165, 1.54) is 0 Å². The number of carboxylic acid groups (broad SMARTS) is 1. The van der Waals surface area contributed by atoms with E-state index < -0.39 is 18.1 Å². The van der Waals surface area contributed by atoms with Crippen molar-refractivity contribution in [2.24, 2.45) is 5.73 Å². The van der Waals surface area contributed by atoms with E-state index in [-0.39, 0.29) is 12.4 Å². The molecule has 0 rings (SSSR count). The van der Waals surface area contributed by atoms with Crippen molar-refractivity contribution in [3.63, 3.8) is 0 Å². The molecule has 0 radical (unpaired) electrons. The summed E-state index contributed by atoms with van der Waals surface area (Å²) in [6, 6.07) is -0.637. The summed E-state index contributed by atoms with van der Waals surface area (Å²) in [4.78, 5) is 10.1. The molecular formula is C6H14ClNO3. The van der Waals surface area contributed by atoms with E-state index in [4.69, 9.17) is 15.9 Å². The molecule has 1 unspecified atom stereocenters. The minimum atomic E-state index is -1.42. The molecule has 0 fully saturated rings. The van der Waals surface area contributed by atoms with Gasteiger partial charge in [0.15, 0.2) is 6.10 Å². The molecule has 0 amide bonds. The van der Waals surface area contributed by atoms with E-state index in [1.54, 1.807) is 0 Å². The Labute approximate surface area is 71.8 Å². The third-order valence-corrected chi connectivity index (χ3v) is 1.28. The first-order chi connectivity index (χ1) is 4.59. The van der Waals surface area contributed by atoms with Gasteiger partial charge in [-0.2, -0.15) is 0 Å². The van der Waals surface area contributed by atoms with Crippen molar-refractivity contribution >= 4 is 18.4 Å². The summed E-state index contributed by atoms with van der Waals surface area (Å²) in [6.07, 6.45) is -0.0983. The highest BCUT2D eigenvalue weighted by Crippen LogP contribution is 1.98. The number of halogens is 1. The minimum Gasteiger partial charge on any atom is -0.479 e. The number of hydrogen-bond acceptors (Lipinski definition) is 3. The van der Waals surface area contributed by atoms with Crippen molar-refractivity contribution in [2.45, 2.75) is 31.9 Å². The number of nitrogens with two attached hydrogens (primary N) is 1. The Morgan fingerprint density at radius 3 is 2.36 bits per heavy atom. The molecule has 2 atom stereocenters. The van der Waals surface area contributed by atoms with E-state index in [0.29, 0.717) is 6.42 Å². The van der Waals surface area contributed by atoms with Crippen LogP contribution in [0, 0.1) is 0 Å². The molecule has 0 aromatic heterocycles. The molecule has 0 aromatic carbocycles. The number of aliphatic hydroxyl groups excluding tert-OH is 1. The zero-order valence-corrected chi connectivity index (χ0v) is 7.17. The molecule has 68 valence electrons. The molecule has 0 aliphatic rings. The van der Waals surface area contributed by atoms with Gasteiger partial charge >= 0.3 is 5.97 Å². The first kappa shape index (κ1) is 13.3. The van der Waals surface area contributed by atoms with E-state index in [2.05, 4.69) is 0 Å². The number of carboxylic acids is 1. The molecule has 0 aliphatic carbocycles. The molecule has 4 nitrogen and oxygen atoms in total. The molecule has 0 saturated heterocycles. The molecule has 4 N–H and O–H groups in total. The average molecular weight is 184 g/mol. The molecule has 0 spiro atoms. The maximum absolute atomic E-state index is 10.1. The maximum Gasteiger partial charge on any atom is 0.334 e. The molecule has 0 aromatic rings. The quantitative estimate of drug-likeness (QED) is 0.572. The summed E-state index contributed by atoms with van der Waals surface area (Å²) >= 11 is 0. The Balaban J connectivity index is 0. The van der Waals surface area contributed by atoms with Crippen LogP contribution >= 0.6 is 12.4 Å². The molecule has 0 saturated carbocycles. The smallest absolute Gasteiger partial charge is 0.334 e. The van der Waals surface area contributed by atoms with Crippen LogP contribution in [0.25, 0.3) is 0 Å². The summed E-state index contributed by atoms with van der Waals surface area (Å²) < 4.78 is 0. The molecular weight excluding hydrogens is 170 g/mol. The second-order valence-corrected chi connectivity index (χ2v) is 2.24. The van der Waals surface area contributed by atoms with Crippen molar-refractivity contribution in [1.29, 1.82) is 0 Å². The van der Waals surface area contributed by atoms with Gasteiger partial charge in [-0.3, -0.25) is 0 Å². The van der Waals surface area contributed by atoms with Gasteiger partial charge in [0.25, 0.3) is 0 Å². The Hall–Kier alpha value is -0.320. The van der Waals surface area contributed by atoms with E-state index >= 15 is 0 Å². The summed E-state index contributed by atoms with van der Waals surface area (Å²) in [5, 5.41) is 17.1. The van der Waals surface area contributed by atoms with Crippen LogP contribution in [0.2, 0.25) is 0 Å². The second kappa shape index (κ2) is 6.39. The van der Waals surface area contributed by atoms with Gasteiger partial charge in [0.1, 0.15) is 0 Å². The van der Waals surface area contributed by atoms with Gasteiger partial charge in [-0.1, -0.05) is 13.3 Å². The molecule has 5 heteroatoms. The first-order valence-electron chi connectivity index (χ1n) is 3.26. The van der Waals surface area contributed by atoms with Crippen LogP contribution in [0.3, 0.4) is 0 Å². The van der Waals surface area contributed by atoms with Crippen molar-refractivity contribution in [2.75, 3.05) is 0 Å². The summed E-state index contributed by atoms with van der Waals surface area (Å²) in [6.45, 7) is 1.88. The Bertz CT molecular complexity index is 120. The van der Waals surface area contributed by atoms with Crippen LogP contribution in [0.5, 0.6) is 0 Å². The van der Waals surface area contributed by atoms with Crippen LogP contribution in [0.15, 0.2) is 0 Å². The second-order valence-electron chi connectivity index (χ2n) is 2.24. The van der Waals surface area contributed by atoms with Crippen molar-refractivity contribution < 1.29 is 15.0 Å². The predicted octanol–water partition coefficient (Wildman–Crippen LogP) is -0.0189. The summed E-state index contributed by atoms with van der Waals surface area (Å²) in [7, 11) is 0. The van der Waals surface area contributed by atoms with Crippen LogP contribution in [-0.2, 0) is 4.79 Å². The van der Waals surface area contributed by atoms with Crippen LogP contribution in [0.1, 0.15) is 19.8 Å². The van der Waals surface area contributed by atoms with Gasteiger partial charge in [0.05, 0.1) is 0 Å². The predicted molar refractivity (Wildman–Crippen MR) is 43.8 cm³/mol. The highest BCUT2D eigenvalue weighted by atomic mass is 35.5. The number of aliphatic carboxylic acids is 1. The standard InChI is InChI=1S/C6H13NO3.ClH/c1-2-3-4(7)5(8)6(9)10;/h4-5,8H,2-3,7H2,1H3,(H,9,10);1H/t4-,5?;/m0./s1. The molecule has 0 aliphatic heterocycles. The zero-order valence-electron chi connectivity index (χ0n) is 6.36. The lowest BCUT2D eigenvalue weighted by Crippen LogP contribution is -2.40. The van der Waals surface area contributed by atoms with Gasteiger partial charge in [0, 0.05) is 6.04 Å².